The van der Waals surface area contributed by atoms with Gasteiger partial charge in [-0.25, -0.2) is 27.9 Å². The highest BCUT2D eigenvalue weighted by Crippen LogP contribution is 2.46. The molecule has 3 atom stereocenters. The Kier molecular flexibility index (Phi) is 13.1. The number of nitrogens with one attached hydrogen (secondary N) is 1. The van der Waals surface area contributed by atoms with E-state index in [9.17, 15) is 9.59 Å². The molecule has 14 heteroatoms. The zero-order chi connectivity index (χ0) is 45.5. The number of halogens is 2. The molecule has 338 valence electrons. The number of benzene rings is 3. The Balaban J connectivity index is 1.27. The molecular formula is C49H63F2N5O5SSi. The lowest BCUT2D eigenvalue weighted by molar-refractivity contribution is -0.0820. The predicted octanol–water partition coefficient (Wildman–Crippen LogP) is 10.2. The molecule has 63 heavy (non-hydrogen) atoms. The van der Waals surface area contributed by atoms with Gasteiger partial charge in [-0.3, -0.25) is 4.90 Å². The first-order valence-electron chi connectivity index (χ1n) is 22.0. The van der Waals surface area contributed by atoms with E-state index in [0.29, 0.717) is 40.7 Å². The van der Waals surface area contributed by atoms with E-state index in [1.54, 1.807) is 15.7 Å². The third-order valence-electron chi connectivity index (χ3n) is 11.8. The molecule has 10 nitrogen and oxygen atoms in total. The smallest absolute Gasteiger partial charge is 0.419 e. The van der Waals surface area contributed by atoms with Crippen molar-refractivity contribution in [1.82, 2.24) is 19.4 Å². The monoisotopic (exact) mass is 899 g/mol. The van der Waals surface area contributed by atoms with E-state index in [2.05, 4.69) is 26.1 Å². The third kappa shape index (κ3) is 10.0. The Hall–Kier alpha value is -4.63. The van der Waals surface area contributed by atoms with Gasteiger partial charge in [0.1, 0.15) is 11.2 Å². The van der Waals surface area contributed by atoms with Crippen LogP contribution < -0.4 is 15.7 Å². The van der Waals surface area contributed by atoms with Crippen molar-refractivity contribution in [2.45, 2.75) is 129 Å². The molecule has 0 unspecified atom stereocenters. The van der Waals surface area contributed by atoms with Crippen molar-refractivity contribution in [3.63, 3.8) is 0 Å². The maximum atomic E-state index is 17.3. The van der Waals surface area contributed by atoms with Crippen LogP contribution in [0.5, 0.6) is 0 Å². The number of hydrogen-bond donors (Lipinski definition) is 1. The van der Waals surface area contributed by atoms with Crippen molar-refractivity contribution < 1.29 is 32.3 Å². The van der Waals surface area contributed by atoms with Crippen LogP contribution in [0.4, 0.5) is 23.5 Å². The van der Waals surface area contributed by atoms with E-state index in [0.717, 1.165) is 34.2 Å². The maximum absolute atomic E-state index is 17.3. The Bertz CT molecular complexity index is 2350. The van der Waals surface area contributed by atoms with E-state index in [1.807, 2.05) is 138 Å². The van der Waals surface area contributed by atoms with E-state index in [4.69, 9.17) is 18.9 Å². The second-order valence-electron chi connectivity index (χ2n) is 20.1. The first kappa shape index (κ1) is 46.4. The van der Waals surface area contributed by atoms with Crippen molar-refractivity contribution in [1.29, 1.82) is 0 Å². The van der Waals surface area contributed by atoms with Gasteiger partial charge in [-0.1, -0.05) is 99.6 Å². The van der Waals surface area contributed by atoms with Gasteiger partial charge >= 0.3 is 12.2 Å². The number of ether oxygens (including phenoxy) is 2. The Morgan fingerprint density at radius 1 is 0.841 bits per heavy atom. The normalized spacial score (nSPS) is 19.2. The van der Waals surface area contributed by atoms with Crippen LogP contribution in [0, 0.1) is 0 Å². The minimum absolute atomic E-state index is 0.0987. The summed E-state index contributed by atoms with van der Waals surface area (Å²) in [6.45, 7) is 18.8. The molecular weight excluding hydrogens is 837 g/mol. The van der Waals surface area contributed by atoms with Crippen molar-refractivity contribution in [3.8, 4) is 0 Å². The number of carbonyl (C=O) groups excluding carboxylic acids is 2. The predicted molar refractivity (Wildman–Crippen MR) is 250 cm³/mol. The SMILES string of the molecule is C[C@@H]1Cc2c(n(C(=O)OC(C)(C)C)c3ccccc23)[C@@H](c2cnc(N[C@H]3CCCN(C(=O)OC(C)(C)C)C3)s2)N1CC(F)(F)CO[Si](c1ccccc1)(c1ccccc1)C(C)(C)C. The van der Waals surface area contributed by atoms with Crippen molar-refractivity contribution >= 4 is 58.2 Å². The Morgan fingerprint density at radius 2 is 1.43 bits per heavy atom. The number of amides is 1. The number of piperidine rings is 1. The fourth-order valence-electron chi connectivity index (χ4n) is 9.23. The summed E-state index contributed by atoms with van der Waals surface area (Å²) >= 11 is 1.37. The zero-order valence-corrected chi connectivity index (χ0v) is 40.2. The van der Waals surface area contributed by atoms with Crippen LogP contribution in [-0.2, 0) is 20.3 Å². The van der Waals surface area contributed by atoms with Gasteiger partial charge in [0.2, 0.25) is 0 Å². The molecule has 0 saturated carbocycles. The highest BCUT2D eigenvalue weighted by atomic mass is 32.1. The van der Waals surface area contributed by atoms with Crippen molar-refractivity contribution in [2.24, 2.45) is 0 Å². The summed E-state index contributed by atoms with van der Waals surface area (Å²) in [5, 5.41) is 6.37. The minimum Gasteiger partial charge on any atom is -0.444 e. The molecule has 0 bridgehead atoms. The second-order valence-corrected chi connectivity index (χ2v) is 25.5. The molecule has 0 spiro atoms. The van der Waals surface area contributed by atoms with Gasteiger partial charge in [0.25, 0.3) is 14.2 Å². The molecule has 4 heterocycles. The topological polar surface area (TPSA) is 98.2 Å². The average Bonchev–Trinajstić information content (AvgIpc) is 3.79. The second kappa shape index (κ2) is 17.7. The van der Waals surface area contributed by atoms with Crippen LogP contribution in [0.25, 0.3) is 10.9 Å². The molecule has 7 rings (SSSR count). The standard InChI is InChI=1S/C49H63F2N5O5SSi/c1-33-28-38-37-25-17-18-26-39(37)56(45(58)61-47(5,6)7)41(38)42(40-29-52-43(62-40)53-34-20-19-27-54(30-34)44(57)60-46(2,3)4)55(33)31-49(50,51)32-59-63(48(8,9)10,35-21-13-11-14-22-35)36-23-15-12-16-24-36/h11-18,21-26,29,33-34,42H,19-20,27-28,30-32H2,1-10H3,(H,52,53)/t33-,34+,42-/m1/s1. The lowest BCUT2D eigenvalue weighted by Gasteiger charge is -2.45. The molecule has 1 saturated heterocycles. The highest BCUT2D eigenvalue weighted by Gasteiger charge is 2.53. The first-order valence-corrected chi connectivity index (χ1v) is 24.7. The number of carbonyl (C=O) groups is 2. The Morgan fingerprint density at radius 3 is 2.03 bits per heavy atom. The molecule has 1 N–H and O–H groups in total. The molecule has 1 amide bonds. The molecule has 2 aliphatic rings. The summed E-state index contributed by atoms with van der Waals surface area (Å²) in [6, 6.07) is 26.1. The molecule has 0 aliphatic carbocycles. The number of aromatic nitrogens is 2. The zero-order valence-electron chi connectivity index (χ0n) is 38.3. The number of thiazole rings is 1. The fraction of sp³-hybridized carbons (Fsp3) is 0.490. The van der Waals surface area contributed by atoms with Gasteiger partial charge in [-0.15, -0.1) is 11.3 Å². The summed E-state index contributed by atoms with van der Waals surface area (Å²) in [5.41, 5.74) is 0.740. The number of alkyl halides is 2. The van der Waals surface area contributed by atoms with E-state index >= 15 is 8.78 Å². The van der Waals surface area contributed by atoms with Crippen molar-refractivity contribution in [2.75, 3.05) is 31.6 Å². The maximum Gasteiger partial charge on any atom is 0.419 e. The van der Waals surface area contributed by atoms with E-state index < -0.39 is 55.8 Å². The fourth-order valence-corrected chi connectivity index (χ4v) is 14.8. The van der Waals surface area contributed by atoms with Crippen molar-refractivity contribution in [3.05, 3.63) is 107 Å². The molecule has 3 aromatic carbocycles. The minimum atomic E-state index is -3.32. The van der Waals surface area contributed by atoms with Crippen LogP contribution in [0.1, 0.15) is 104 Å². The number of likely N-dealkylation sites (tertiary alicyclic amines) is 1. The van der Waals surface area contributed by atoms with E-state index in [1.165, 1.54) is 11.3 Å². The number of fused-ring (bicyclic) bond motifs is 3. The molecule has 2 aliphatic heterocycles. The van der Waals surface area contributed by atoms with Gasteiger partial charge < -0.3 is 24.1 Å². The number of rotatable bonds is 10. The van der Waals surface area contributed by atoms with Crippen LogP contribution >= 0.6 is 11.3 Å². The number of nitrogens with zero attached hydrogens (tertiary/aromatic N) is 4. The summed E-state index contributed by atoms with van der Waals surface area (Å²) in [4.78, 5) is 36.4. The number of para-hydroxylation sites is 1. The quantitative estimate of drug-likeness (QED) is 0.138. The molecule has 2 aromatic heterocycles. The van der Waals surface area contributed by atoms with Gasteiger partial charge in [0.15, 0.2) is 5.13 Å². The molecule has 5 aromatic rings. The lowest BCUT2D eigenvalue weighted by atomic mass is 9.91. The third-order valence-corrected chi connectivity index (χ3v) is 17.7. The van der Waals surface area contributed by atoms with Crippen LogP contribution in [0.2, 0.25) is 5.04 Å². The average molecular weight is 900 g/mol. The molecule has 0 radical (unpaired) electrons. The van der Waals surface area contributed by atoms with Crippen LogP contribution in [-0.4, -0.2) is 95.3 Å². The van der Waals surface area contributed by atoms with Gasteiger partial charge in [0.05, 0.1) is 30.4 Å². The highest BCUT2D eigenvalue weighted by molar-refractivity contribution is 7.15. The van der Waals surface area contributed by atoms with E-state index in [-0.39, 0.29) is 18.2 Å². The number of hydrogen-bond acceptors (Lipinski definition) is 9. The first-order chi connectivity index (χ1) is 29.6. The van der Waals surface area contributed by atoms with Gasteiger partial charge in [-0.2, -0.15) is 0 Å². The molecule has 1 fully saturated rings. The van der Waals surface area contributed by atoms with Crippen LogP contribution in [0.15, 0.2) is 91.1 Å². The lowest BCUT2D eigenvalue weighted by Crippen LogP contribution is -2.67. The van der Waals surface area contributed by atoms with Crippen LogP contribution in [0.3, 0.4) is 0 Å². The summed E-state index contributed by atoms with van der Waals surface area (Å²) in [5.74, 6) is -3.32. The summed E-state index contributed by atoms with van der Waals surface area (Å²) < 4.78 is 54.7. The van der Waals surface area contributed by atoms with Gasteiger partial charge in [-0.05, 0) is 94.8 Å². The number of anilines is 1. The summed E-state index contributed by atoms with van der Waals surface area (Å²) in [6.07, 6.45) is 2.83. The Labute approximate surface area is 376 Å². The summed E-state index contributed by atoms with van der Waals surface area (Å²) in [7, 11) is -3.30. The largest absolute Gasteiger partial charge is 0.444 e. The van der Waals surface area contributed by atoms with Gasteiger partial charge in [0, 0.05) is 41.6 Å².